The molecule has 1 amide bonds. The molecule has 5 nitrogen and oxygen atoms in total. The van der Waals surface area contributed by atoms with Gasteiger partial charge < -0.3 is 14.8 Å². The van der Waals surface area contributed by atoms with Crippen molar-refractivity contribution >= 4 is 29.2 Å². The van der Waals surface area contributed by atoms with E-state index in [1.807, 2.05) is 30.3 Å². The first-order valence-corrected chi connectivity index (χ1v) is 8.90. The van der Waals surface area contributed by atoms with Gasteiger partial charge in [0.1, 0.15) is 17.9 Å². The fourth-order valence-electron chi connectivity index (χ4n) is 2.54. The van der Waals surface area contributed by atoms with Crippen molar-refractivity contribution in [3.05, 3.63) is 94.5 Å². The molecule has 0 radical (unpaired) electrons. The minimum absolute atomic E-state index is 0.0646. The summed E-state index contributed by atoms with van der Waals surface area (Å²) in [5, 5.41) is 3.23. The van der Waals surface area contributed by atoms with E-state index in [1.54, 1.807) is 36.4 Å². The number of amides is 1. The molecule has 0 bridgehead atoms. The Hall–Kier alpha value is -3.31. The molecule has 3 aromatic carbocycles. The van der Waals surface area contributed by atoms with Crippen LogP contribution in [0.4, 0.5) is 5.69 Å². The minimum Gasteiger partial charge on any atom is -0.496 e. The first-order valence-electron chi connectivity index (χ1n) is 8.53. The zero-order chi connectivity index (χ0) is 19.9. The van der Waals surface area contributed by atoms with E-state index in [9.17, 15) is 9.59 Å². The zero-order valence-corrected chi connectivity index (χ0v) is 15.9. The normalized spacial score (nSPS) is 10.2. The summed E-state index contributed by atoms with van der Waals surface area (Å²) in [6.45, 7) is 0.0646. The summed E-state index contributed by atoms with van der Waals surface area (Å²) in [7, 11) is 1.47. The van der Waals surface area contributed by atoms with E-state index in [4.69, 9.17) is 21.1 Å². The molecule has 0 spiro atoms. The van der Waals surface area contributed by atoms with Gasteiger partial charge in [0.2, 0.25) is 0 Å². The number of hydrogen-bond acceptors (Lipinski definition) is 4. The van der Waals surface area contributed by atoms with Crippen LogP contribution in [0, 0.1) is 0 Å². The third kappa shape index (κ3) is 4.90. The van der Waals surface area contributed by atoms with Crippen molar-refractivity contribution < 1.29 is 19.1 Å². The number of esters is 1. The van der Waals surface area contributed by atoms with Gasteiger partial charge in [0.15, 0.2) is 0 Å². The highest BCUT2D eigenvalue weighted by molar-refractivity contribution is 6.31. The lowest BCUT2D eigenvalue weighted by atomic mass is 10.1. The molecule has 0 saturated carbocycles. The summed E-state index contributed by atoms with van der Waals surface area (Å²) in [6, 6.07) is 20.8. The monoisotopic (exact) mass is 395 g/mol. The number of carbonyl (C=O) groups is 2. The van der Waals surface area contributed by atoms with Crippen molar-refractivity contribution in [1.82, 2.24) is 0 Å². The SMILES string of the molecule is COc1ccc(Cl)cc1C(=O)OCc1ccc(C(=O)Nc2ccccc2)cc1. The number of halogens is 1. The molecule has 0 aliphatic heterocycles. The first kappa shape index (κ1) is 19.5. The maximum absolute atomic E-state index is 12.3. The standard InChI is InChI=1S/C22H18ClNO4/c1-27-20-12-11-17(23)13-19(20)22(26)28-14-15-7-9-16(10-8-15)21(25)24-18-5-3-2-4-6-18/h2-13H,14H2,1H3,(H,24,25). The Morgan fingerprint density at radius 2 is 1.68 bits per heavy atom. The molecule has 28 heavy (non-hydrogen) atoms. The zero-order valence-electron chi connectivity index (χ0n) is 15.1. The smallest absolute Gasteiger partial charge is 0.342 e. The highest BCUT2D eigenvalue weighted by Crippen LogP contribution is 2.23. The molecular formula is C22H18ClNO4. The quantitative estimate of drug-likeness (QED) is 0.599. The van der Waals surface area contributed by atoms with E-state index >= 15 is 0 Å². The molecule has 3 aromatic rings. The summed E-state index contributed by atoms with van der Waals surface area (Å²) in [5.74, 6) is -0.356. The van der Waals surface area contributed by atoms with E-state index < -0.39 is 5.97 Å². The third-order valence-electron chi connectivity index (χ3n) is 4.00. The van der Waals surface area contributed by atoms with Gasteiger partial charge in [-0.1, -0.05) is 41.9 Å². The number of methoxy groups -OCH3 is 1. The fourth-order valence-corrected chi connectivity index (χ4v) is 2.72. The summed E-state index contributed by atoms with van der Waals surface area (Å²) in [5.41, 5.74) is 2.25. The van der Waals surface area contributed by atoms with Crippen molar-refractivity contribution in [1.29, 1.82) is 0 Å². The Balaban J connectivity index is 1.61. The summed E-state index contributed by atoms with van der Waals surface area (Å²) in [4.78, 5) is 24.6. The van der Waals surface area contributed by atoms with E-state index in [2.05, 4.69) is 5.32 Å². The number of rotatable bonds is 6. The molecule has 0 saturated heterocycles. The van der Waals surface area contributed by atoms with Gasteiger partial charge in [-0.05, 0) is 48.0 Å². The van der Waals surface area contributed by atoms with Gasteiger partial charge in [-0.25, -0.2) is 4.79 Å². The Morgan fingerprint density at radius 3 is 2.36 bits per heavy atom. The van der Waals surface area contributed by atoms with Gasteiger partial charge in [-0.15, -0.1) is 0 Å². The second-order valence-electron chi connectivity index (χ2n) is 5.94. The van der Waals surface area contributed by atoms with Crippen LogP contribution in [0.3, 0.4) is 0 Å². The average Bonchev–Trinajstić information content (AvgIpc) is 2.73. The lowest BCUT2D eigenvalue weighted by Gasteiger charge is -2.10. The number of anilines is 1. The van der Waals surface area contributed by atoms with Crippen LogP contribution in [0.1, 0.15) is 26.3 Å². The van der Waals surface area contributed by atoms with E-state index in [0.29, 0.717) is 16.3 Å². The molecular weight excluding hydrogens is 378 g/mol. The first-order chi connectivity index (χ1) is 13.6. The number of para-hydroxylation sites is 1. The third-order valence-corrected chi connectivity index (χ3v) is 4.23. The maximum atomic E-state index is 12.3. The molecule has 142 valence electrons. The number of carbonyl (C=O) groups excluding carboxylic acids is 2. The Kier molecular flexibility index (Phi) is 6.29. The van der Waals surface area contributed by atoms with E-state index in [0.717, 1.165) is 11.3 Å². The van der Waals surface area contributed by atoms with Gasteiger partial charge in [0.25, 0.3) is 5.91 Å². The van der Waals surface area contributed by atoms with Crippen molar-refractivity contribution in [3.63, 3.8) is 0 Å². The number of ether oxygens (including phenoxy) is 2. The molecule has 0 fully saturated rings. The lowest BCUT2D eigenvalue weighted by molar-refractivity contribution is 0.0469. The largest absolute Gasteiger partial charge is 0.496 e. The number of nitrogens with one attached hydrogen (secondary N) is 1. The van der Waals surface area contributed by atoms with Crippen LogP contribution in [0.15, 0.2) is 72.8 Å². The highest BCUT2D eigenvalue weighted by Gasteiger charge is 2.15. The molecule has 0 aromatic heterocycles. The Morgan fingerprint density at radius 1 is 0.964 bits per heavy atom. The predicted octanol–water partition coefficient (Wildman–Crippen LogP) is 4.96. The maximum Gasteiger partial charge on any atom is 0.342 e. The van der Waals surface area contributed by atoms with Gasteiger partial charge >= 0.3 is 5.97 Å². The minimum atomic E-state index is -0.537. The van der Waals surface area contributed by atoms with Crippen LogP contribution in [0.2, 0.25) is 5.02 Å². The van der Waals surface area contributed by atoms with Crippen molar-refractivity contribution in [2.24, 2.45) is 0 Å². The van der Waals surface area contributed by atoms with E-state index in [1.165, 1.54) is 13.2 Å². The van der Waals surface area contributed by atoms with Crippen LogP contribution >= 0.6 is 11.6 Å². The Labute approximate surface area is 167 Å². The molecule has 1 N–H and O–H groups in total. The molecule has 0 unspecified atom stereocenters. The van der Waals surface area contributed by atoms with E-state index in [-0.39, 0.29) is 18.1 Å². The average molecular weight is 396 g/mol. The Bertz CT molecular complexity index is 972. The van der Waals surface area contributed by atoms with Gasteiger partial charge in [-0.2, -0.15) is 0 Å². The number of benzene rings is 3. The predicted molar refractivity (Wildman–Crippen MR) is 108 cm³/mol. The fraction of sp³-hybridized carbons (Fsp3) is 0.0909. The van der Waals surface area contributed by atoms with Gasteiger partial charge in [-0.3, -0.25) is 4.79 Å². The molecule has 0 heterocycles. The molecule has 3 rings (SSSR count). The van der Waals surface area contributed by atoms with Crippen LogP contribution in [0.5, 0.6) is 5.75 Å². The van der Waals surface area contributed by atoms with Crippen LogP contribution in [0.25, 0.3) is 0 Å². The highest BCUT2D eigenvalue weighted by atomic mass is 35.5. The van der Waals surface area contributed by atoms with Crippen LogP contribution in [-0.4, -0.2) is 19.0 Å². The van der Waals surface area contributed by atoms with Crippen molar-refractivity contribution in [2.75, 3.05) is 12.4 Å². The lowest BCUT2D eigenvalue weighted by Crippen LogP contribution is -2.12. The van der Waals surface area contributed by atoms with Crippen molar-refractivity contribution in [3.8, 4) is 5.75 Å². The molecule has 6 heteroatoms. The van der Waals surface area contributed by atoms with Crippen LogP contribution < -0.4 is 10.1 Å². The van der Waals surface area contributed by atoms with Gasteiger partial charge in [0, 0.05) is 16.3 Å². The van der Waals surface area contributed by atoms with Gasteiger partial charge in [0.05, 0.1) is 7.11 Å². The summed E-state index contributed by atoms with van der Waals surface area (Å²) in [6.07, 6.45) is 0. The molecule has 0 aliphatic rings. The van der Waals surface area contributed by atoms with Crippen LogP contribution in [-0.2, 0) is 11.3 Å². The molecule has 0 aliphatic carbocycles. The topological polar surface area (TPSA) is 64.6 Å². The summed E-state index contributed by atoms with van der Waals surface area (Å²) >= 11 is 5.94. The second kappa shape index (κ2) is 9.06. The molecule has 0 atom stereocenters. The second-order valence-corrected chi connectivity index (χ2v) is 6.37. The van der Waals surface area contributed by atoms with Crippen molar-refractivity contribution in [2.45, 2.75) is 6.61 Å². The number of hydrogen-bond donors (Lipinski definition) is 1. The summed E-state index contributed by atoms with van der Waals surface area (Å²) < 4.78 is 10.5.